The molecule has 1 aliphatic heterocycles. The molecule has 1 aliphatic rings. The number of hydrogen-bond donors (Lipinski definition) is 0. The molecule has 0 aliphatic carbocycles. The van der Waals surface area contributed by atoms with Crippen LogP contribution in [-0.2, 0) is 0 Å². The van der Waals surface area contributed by atoms with Crippen molar-refractivity contribution >= 4 is 5.91 Å². The molecule has 1 saturated heterocycles. The molecule has 5 heteroatoms. The van der Waals surface area contributed by atoms with Gasteiger partial charge in [0.15, 0.2) is 0 Å². The second kappa shape index (κ2) is 6.10. The molecule has 1 aromatic heterocycles. The molecule has 0 atom stereocenters. The Kier molecular flexibility index (Phi) is 4.01. The molecule has 2 aromatic rings. The largest absolute Gasteiger partial charge is 0.337 e. The van der Waals surface area contributed by atoms with Gasteiger partial charge in [0, 0.05) is 25.8 Å². The predicted molar refractivity (Wildman–Crippen MR) is 81.6 cm³/mol. The van der Waals surface area contributed by atoms with E-state index < -0.39 is 0 Å². The predicted octanol–water partition coefficient (Wildman–Crippen LogP) is 1.65. The van der Waals surface area contributed by atoms with Crippen LogP contribution in [0.1, 0.15) is 16.8 Å². The number of likely N-dealkylation sites (N-methyl/N-ethyl adjacent to an activating group) is 1. The summed E-state index contributed by atoms with van der Waals surface area (Å²) in [5.74, 6) is 0.0764. The molecule has 0 saturated carbocycles. The number of hydrogen-bond acceptors (Lipinski definition) is 3. The number of benzene rings is 1. The van der Waals surface area contributed by atoms with Crippen molar-refractivity contribution in [2.45, 2.75) is 6.42 Å². The first-order chi connectivity index (χ1) is 10.2. The molecule has 110 valence electrons. The van der Waals surface area contributed by atoms with Crippen LogP contribution in [0.5, 0.6) is 0 Å². The molecule has 2 heterocycles. The van der Waals surface area contributed by atoms with Crippen LogP contribution >= 0.6 is 0 Å². The van der Waals surface area contributed by atoms with Crippen LogP contribution < -0.4 is 0 Å². The molecule has 21 heavy (non-hydrogen) atoms. The molecule has 0 bridgehead atoms. The molecular formula is C16H20N4O. The molecule has 0 radical (unpaired) electrons. The van der Waals surface area contributed by atoms with Gasteiger partial charge in [0.05, 0.1) is 17.4 Å². The smallest absolute Gasteiger partial charge is 0.257 e. The Balaban J connectivity index is 1.75. The molecule has 1 fully saturated rings. The van der Waals surface area contributed by atoms with E-state index in [-0.39, 0.29) is 5.91 Å². The van der Waals surface area contributed by atoms with Crippen molar-refractivity contribution in [3.8, 4) is 5.69 Å². The van der Waals surface area contributed by atoms with Gasteiger partial charge in [0.2, 0.25) is 0 Å². The average Bonchev–Trinajstić information content (AvgIpc) is 2.91. The van der Waals surface area contributed by atoms with Gasteiger partial charge in [-0.25, -0.2) is 4.68 Å². The van der Waals surface area contributed by atoms with Crippen LogP contribution in [0.4, 0.5) is 0 Å². The first-order valence-corrected chi connectivity index (χ1v) is 7.32. The molecular weight excluding hydrogens is 264 g/mol. The van der Waals surface area contributed by atoms with E-state index in [2.05, 4.69) is 17.0 Å². The third-order valence-electron chi connectivity index (χ3n) is 3.86. The highest BCUT2D eigenvalue weighted by atomic mass is 16.2. The Labute approximate surface area is 124 Å². The Morgan fingerprint density at radius 2 is 1.90 bits per heavy atom. The van der Waals surface area contributed by atoms with E-state index in [1.54, 1.807) is 10.9 Å². The summed E-state index contributed by atoms with van der Waals surface area (Å²) in [7, 11) is 2.10. The van der Waals surface area contributed by atoms with Crippen LogP contribution in [0.15, 0.2) is 42.7 Å². The van der Waals surface area contributed by atoms with Gasteiger partial charge < -0.3 is 9.80 Å². The van der Waals surface area contributed by atoms with E-state index in [1.165, 1.54) is 0 Å². The topological polar surface area (TPSA) is 41.4 Å². The summed E-state index contributed by atoms with van der Waals surface area (Å²) in [4.78, 5) is 16.7. The fourth-order valence-corrected chi connectivity index (χ4v) is 2.59. The number of nitrogens with zero attached hydrogens (tertiary/aromatic N) is 4. The van der Waals surface area contributed by atoms with Gasteiger partial charge in [-0.05, 0) is 32.1 Å². The summed E-state index contributed by atoms with van der Waals surface area (Å²) in [6.07, 6.45) is 4.49. The van der Waals surface area contributed by atoms with Crippen LogP contribution in [0, 0.1) is 0 Å². The molecule has 1 amide bonds. The number of para-hydroxylation sites is 1. The third kappa shape index (κ3) is 3.13. The van der Waals surface area contributed by atoms with Crippen LogP contribution in [0.2, 0.25) is 0 Å². The van der Waals surface area contributed by atoms with Crippen molar-refractivity contribution in [1.82, 2.24) is 19.6 Å². The van der Waals surface area contributed by atoms with Gasteiger partial charge >= 0.3 is 0 Å². The van der Waals surface area contributed by atoms with E-state index in [0.29, 0.717) is 5.56 Å². The van der Waals surface area contributed by atoms with Gasteiger partial charge in [0.1, 0.15) is 0 Å². The van der Waals surface area contributed by atoms with E-state index in [0.717, 1.165) is 38.3 Å². The third-order valence-corrected chi connectivity index (χ3v) is 3.86. The van der Waals surface area contributed by atoms with Gasteiger partial charge in [-0.1, -0.05) is 18.2 Å². The summed E-state index contributed by atoms with van der Waals surface area (Å²) in [6.45, 7) is 3.58. The number of amides is 1. The maximum atomic E-state index is 12.6. The fraction of sp³-hybridized carbons (Fsp3) is 0.375. The molecule has 1 aromatic carbocycles. The van der Waals surface area contributed by atoms with Gasteiger partial charge in [-0.3, -0.25) is 4.79 Å². The number of rotatable bonds is 2. The van der Waals surface area contributed by atoms with Crippen LogP contribution in [0.3, 0.4) is 0 Å². The maximum absolute atomic E-state index is 12.6. The number of carbonyl (C=O) groups is 1. The van der Waals surface area contributed by atoms with Crippen LogP contribution in [0.25, 0.3) is 5.69 Å². The minimum atomic E-state index is 0.0764. The Morgan fingerprint density at radius 1 is 1.10 bits per heavy atom. The lowest BCUT2D eigenvalue weighted by Gasteiger charge is -2.19. The second-order valence-corrected chi connectivity index (χ2v) is 5.46. The maximum Gasteiger partial charge on any atom is 0.257 e. The minimum absolute atomic E-state index is 0.0764. The van der Waals surface area contributed by atoms with E-state index >= 15 is 0 Å². The lowest BCUT2D eigenvalue weighted by molar-refractivity contribution is 0.0763. The SMILES string of the molecule is CN1CCCN(C(=O)c2cnn(-c3ccccc3)c2)CC1. The summed E-state index contributed by atoms with van der Waals surface area (Å²) in [6, 6.07) is 9.84. The zero-order valence-electron chi connectivity index (χ0n) is 12.3. The second-order valence-electron chi connectivity index (χ2n) is 5.46. The quantitative estimate of drug-likeness (QED) is 0.842. The molecule has 0 unspecified atom stereocenters. The van der Waals surface area contributed by atoms with E-state index in [1.807, 2.05) is 41.4 Å². The zero-order valence-corrected chi connectivity index (χ0v) is 12.3. The lowest BCUT2D eigenvalue weighted by atomic mass is 10.3. The Hall–Kier alpha value is -2.14. The van der Waals surface area contributed by atoms with Gasteiger partial charge in [-0.15, -0.1) is 0 Å². The normalized spacial score (nSPS) is 16.7. The van der Waals surface area contributed by atoms with E-state index in [9.17, 15) is 4.79 Å². The van der Waals surface area contributed by atoms with Crippen molar-refractivity contribution in [3.05, 3.63) is 48.3 Å². The molecule has 0 N–H and O–H groups in total. The van der Waals surface area contributed by atoms with Crippen molar-refractivity contribution in [1.29, 1.82) is 0 Å². The number of carbonyl (C=O) groups excluding carboxylic acids is 1. The van der Waals surface area contributed by atoms with Crippen LogP contribution in [-0.4, -0.2) is 58.7 Å². The lowest BCUT2D eigenvalue weighted by Crippen LogP contribution is -2.34. The minimum Gasteiger partial charge on any atom is -0.337 e. The molecule has 0 spiro atoms. The van der Waals surface area contributed by atoms with Gasteiger partial charge in [0.25, 0.3) is 5.91 Å². The van der Waals surface area contributed by atoms with Gasteiger partial charge in [-0.2, -0.15) is 5.10 Å². The highest BCUT2D eigenvalue weighted by Gasteiger charge is 2.20. The molecule has 3 rings (SSSR count). The standard InChI is InChI=1S/C16H20N4O/c1-18-8-5-9-19(11-10-18)16(21)14-12-17-20(13-14)15-6-3-2-4-7-15/h2-4,6-7,12-13H,5,8-11H2,1H3. The summed E-state index contributed by atoms with van der Waals surface area (Å²) in [5.41, 5.74) is 1.62. The van der Waals surface area contributed by atoms with E-state index in [4.69, 9.17) is 0 Å². The fourth-order valence-electron chi connectivity index (χ4n) is 2.59. The Morgan fingerprint density at radius 3 is 2.71 bits per heavy atom. The highest BCUT2D eigenvalue weighted by molar-refractivity contribution is 5.93. The monoisotopic (exact) mass is 284 g/mol. The first kappa shape index (κ1) is 13.8. The summed E-state index contributed by atoms with van der Waals surface area (Å²) >= 11 is 0. The summed E-state index contributed by atoms with van der Waals surface area (Å²) in [5, 5.41) is 4.30. The number of aromatic nitrogens is 2. The molecule has 5 nitrogen and oxygen atoms in total. The summed E-state index contributed by atoms with van der Waals surface area (Å²) < 4.78 is 1.75. The average molecular weight is 284 g/mol. The van der Waals surface area contributed by atoms with Crippen molar-refractivity contribution in [3.63, 3.8) is 0 Å². The zero-order chi connectivity index (χ0) is 14.7. The van der Waals surface area contributed by atoms with Crippen molar-refractivity contribution < 1.29 is 4.79 Å². The van der Waals surface area contributed by atoms with Crippen molar-refractivity contribution in [2.75, 3.05) is 33.2 Å². The first-order valence-electron chi connectivity index (χ1n) is 7.32. The highest BCUT2D eigenvalue weighted by Crippen LogP contribution is 2.11. The Bertz CT molecular complexity index is 608. The van der Waals surface area contributed by atoms with Crippen molar-refractivity contribution in [2.24, 2.45) is 0 Å².